The molecule has 2 aromatic heterocycles. The Morgan fingerprint density at radius 1 is 0.764 bits per heavy atom. The fourth-order valence-corrected chi connectivity index (χ4v) is 10.4. The van der Waals surface area contributed by atoms with Crippen LogP contribution >= 0.6 is 0 Å². The van der Waals surface area contributed by atoms with Gasteiger partial charge in [-0.25, -0.2) is 23.0 Å². The number of carbonyl (C=O) groups excluding carboxylic acids is 2. The van der Waals surface area contributed by atoms with Crippen molar-refractivity contribution in [3.8, 4) is 23.2 Å². The molecule has 18 heteroatoms. The molecule has 16 nitrogen and oxygen atoms in total. The van der Waals surface area contributed by atoms with Crippen molar-refractivity contribution in [3.05, 3.63) is 179 Å². The Morgan fingerprint density at radius 3 is 2.07 bits per heavy atom. The normalized spacial score (nSPS) is 14.6. The van der Waals surface area contributed by atoms with Gasteiger partial charge in [0, 0.05) is 43.8 Å². The van der Waals surface area contributed by atoms with E-state index in [0.29, 0.717) is 51.5 Å². The van der Waals surface area contributed by atoms with Crippen LogP contribution < -0.4 is 44.5 Å². The van der Waals surface area contributed by atoms with Crippen LogP contribution in [0.4, 0.5) is 26.2 Å². The Bertz CT molecular complexity index is 3460. The number of carbonyl (C=O) groups is 2. The first kappa shape index (κ1) is 47.3. The lowest BCUT2D eigenvalue weighted by Crippen LogP contribution is -2.36. The molecule has 3 N–H and O–H groups in total. The van der Waals surface area contributed by atoms with Crippen LogP contribution in [-0.4, -0.2) is 60.7 Å². The van der Waals surface area contributed by atoms with E-state index < -0.39 is 34.5 Å². The number of aryl methyl sites for hydroxylation is 1. The second kappa shape index (κ2) is 20.5. The predicted octanol–water partition coefficient (Wildman–Crippen LogP) is 8.36. The zero-order chi connectivity index (χ0) is 49.8. The van der Waals surface area contributed by atoms with E-state index in [1.54, 1.807) is 28.3 Å². The molecule has 2 aliphatic heterocycles. The van der Waals surface area contributed by atoms with Crippen molar-refractivity contribution in [1.29, 1.82) is 0 Å². The van der Waals surface area contributed by atoms with Gasteiger partial charge >= 0.3 is 21.9 Å². The maximum Gasteiger partial charge on any atom is 0.333 e. The van der Waals surface area contributed by atoms with E-state index in [1.807, 2.05) is 120 Å². The Morgan fingerprint density at radius 2 is 1.42 bits per heavy atom. The number of pyridine rings is 1. The number of fused-ring (bicyclic) bond motifs is 2. The first-order valence-corrected chi connectivity index (χ1v) is 25.0. The molecule has 4 heterocycles. The first-order chi connectivity index (χ1) is 35.0. The molecule has 368 valence electrons. The number of hydrogen-bond donors (Lipinski definition) is 3. The molecule has 2 saturated heterocycles. The maximum absolute atomic E-state index is 16.3. The summed E-state index contributed by atoms with van der Waals surface area (Å²) < 4.78 is 66.2. The highest BCUT2D eigenvalue weighted by atomic mass is 32.2. The van der Waals surface area contributed by atoms with Gasteiger partial charge in [-0.3, -0.25) is 13.9 Å². The SMILES string of the molecule is Cn1c(=O)n(-c2ccc(OCc3ccccc3)nc2OCc2ccccc2)c2cccc(N3CCC(CCNC(=O)Nc4ccc5c(F)c(N6CC(=O)NS6(=O)=O)c(OCc6ccccc6)cc5c4)CC3)c21. The smallest absolute Gasteiger partial charge is 0.333 e. The van der Waals surface area contributed by atoms with Crippen LogP contribution in [0.1, 0.15) is 36.0 Å². The molecular weight excluding hydrogens is 940 g/mol. The van der Waals surface area contributed by atoms with Crippen LogP contribution in [0.25, 0.3) is 27.5 Å². The number of urea groups is 1. The number of halogens is 1. The van der Waals surface area contributed by atoms with E-state index in [2.05, 4.69) is 15.5 Å². The van der Waals surface area contributed by atoms with Crippen LogP contribution in [0.3, 0.4) is 0 Å². The Balaban J connectivity index is 0.791. The van der Waals surface area contributed by atoms with E-state index in [0.717, 1.165) is 60.2 Å². The third kappa shape index (κ3) is 10.1. The molecule has 10 rings (SSSR count). The molecule has 0 radical (unpaired) electrons. The van der Waals surface area contributed by atoms with Gasteiger partial charge in [-0.05, 0) is 89.7 Å². The summed E-state index contributed by atoms with van der Waals surface area (Å²) in [4.78, 5) is 46.6. The van der Waals surface area contributed by atoms with Crippen molar-refractivity contribution < 1.29 is 36.6 Å². The molecule has 0 atom stereocenters. The third-order valence-electron chi connectivity index (χ3n) is 12.9. The molecule has 0 saturated carbocycles. The van der Waals surface area contributed by atoms with E-state index in [-0.39, 0.29) is 41.6 Å². The summed E-state index contributed by atoms with van der Waals surface area (Å²) in [6.07, 6.45) is 2.49. The van der Waals surface area contributed by atoms with Crippen LogP contribution in [0.2, 0.25) is 0 Å². The van der Waals surface area contributed by atoms with Crippen molar-refractivity contribution >= 4 is 61.0 Å². The van der Waals surface area contributed by atoms with Crippen molar-refractivity contribution in [3.63, 3.8) is 0 Å². The van der Waals surface area contributed by atoms with Gasteiger partial charge in [0.2, 0.25) is 11.8 Å². The zero-order valence-electron chi connectivity index (χ0n) is 39.3. The highest BCUT2D eigenvalue weighted by molar-refractivity contribution is 7.92. The molecule has 8 aromatic rings. The number of rotatable bonds is 16. The van der Waals surface area contributed by atoms with E-state index in [4.69, 9.17) is 19.2 Å². The second-order valence-electron chi connectivity index (χ2n) is 17.7. The fourth-order valence-electron chi connectivity index (χ4n) is 9.27. The van der Waals surface area contributed by atoms with Crippen LogP contribution in [0, 0.1) is 11.7 Å². The number of benzene rings is 6. The van der Waals surface area contributed by atoms with Gasteiger partial charge in [0.05, 0.1) is 16.7 Å². The molecule has 72 heavy (non-hydrogen) atoms. The van der Waals surface area contributed by atoms with E-state index in [1.165, 1.54) is 18.2 Å². The number of anilines is 3. The summed E-state index contributed by atoms with van der Waals surface area (Å²) in [5.74, 6) is -0.790. The summed E-state index contributed by atoms with van der Waals surface area (Å²) in [5, 5.41) is 6.20. The number of imidazole rings is 1. The molecule has 0 aliphatic carbocycles. The van der Waals surface area contributed by atoms with Crippen molar-refractivity contribution in [2.75, 3.05) is 40.7 Å². The minimum absolute atomic E-state index is 0.00671. The minimum Gasteiger partial charge on any atom is -0.487 e. The lowest BCUT2D eigenvalue weighted by atomic mass is 9.93. The monoisotopic (exact) mass is 990 g/mol. The first-order valence-electron chi connectivity index (χ1n) is 23.6. The Labute approximate surface area is 414 Å². The highest BCUT2D eigenvalue weighted by Crippen LogP contribution is 2.41. The van der Waals surface area contributed by atoms with Crippen LogP contribution in [0.15, 0.2) is 150 Å². The summed E-state index contributed by atoms with van der Waals surface area (Å²) >= 11 is 0. The maximum atomic E-state index is 16.3. The van der Waals surface area contributed by atoms with E-state index >= 15 is 4.39 Å². The molecule has 2 aliphatic rings. The number of para-hydroxylation sites is 1. The number of hydrogen-bond acceptors (Lipinski definition) is 10. The van der Waals surface area contributed by atoms with Gasteiger partial charge in [-0.2, -0.15) is 13.4 Å². The number of aromatic nitrogens is 3. The van der Waals surface area contributed by atoms with Gasteiger partial charge < -0.3 is 29.7 Å². The second-order valence-corrected chi connectivity index (χ2v) is 19.3. The summed E-state index contributed by atoms with van der Waals surface area (Å²) in [7, 11) is -2.58. The number of piperidine rings is 1. The molecule has 0 unspecified atom stereocenters. The lowest BCUT2D eigenvalue weighted by molar-refractivity contribution is -0.117. The van der Waals surface area contributed by atoms with Gasteiger partial charge in [-0.15, -0.1) is 0 Å². The van der Waals surface area contributed by atoms with E-state index in [9.17, 15) is 22.8 Å². The number of ether oxygens (including phenoxy) is 3. The highest BCUT2D eigenvalue weighted by Gasteiger charge is 2.38. The third-order valence-corrected chi connectivity index (χ3v) is 14.3. The topological polar surface area (TPSA) is 178 Å². The quantitative estimate of drug-likeness (QED) is 0.0852. The fraction of sp³-hybridized carbons (Fsp3) is 0.222. The summed E-state index contributed by atoms with van der Waals surface area (Å²) in [5.41, 5.74) is 5.42. The molecular formula is C54H51FN8O8S. The predicted molar refractivity (Wildman–Crippen MR) is 274 cm³/mol. The van der Waals surface area contributed by atoms with Crippen LogP contribution in [-0.2, 0) is 41.9 Å². The minimum atomic E-state index is -4.35. The molecule has 0 bridgehead atoms. The van der Waals surface area contributed by atoms with Crippen LogP contribution in [0.5, 0.6) is 17.5 Å². The lowest BCUT2D eigenvalue weighted by Gasteiger charge is -2.34. The van der Waals surface area contributed by atoms with Crippen molar-refractivity contribution in [2.24, 2.45) is 13.0 Å². The standard InChI is InChI=1S/C54H51FN8O8S/c1-60-50-43(18-11-19-44(50)63(54(60)66)45-22-23-48(70-34-38-14-7-3-8-15-38)58-52(45)71-35-39-16-9-4-10-17-39)61-28-25-36(26-29-61)24-27-56-53(65)57-41-20-21-42-40(30-41)31-46(69-33-37-12-5-2-6-13-37)51(49(42)55)62-32-47(64)59-72(62,67)68/h2-23,30-31,36H,24-29,32-35H2,1H3,(H,59,64)(H2,56,57,65). The zero-order valence-corrected chi connectivity index (χ0v) is 40.1. The molecule has 2 fully saturated rings. The van der Waals surface area contributed by atoms with Gasteiger partial charge in [-0.1, -0.05) is 97.1 Å². The van der Waals surface area contributed by atoms with Gasteiger partial charge in [0.25, 0.3) is 5.91 Å². The molecule has 6 aromatic carbocycles. The molecule has 3 amide bonds. The number of amides is 3. The summed E-state index contributed by atoms with van der Waals surface area (Å²) in [6.45, 7) is 1.88. The number of nitrogens with one attached hydrogen (secondary N) is 3. The van der Waals surface area contributed by atoms with Gasteiger partial charge in [0.15, 0.2) is 5.82 Å². The summed E-state index contributed by atoms with van der Waals surface area (Å²) in [6, 6.07) is 43.8. The largest absolute Gasteiger partial charge is 0.487 e. The molecule has 0 spiro atoms. The van der Waals surface area contributed by atoms with Gasteiger partial charge in [0.1, 0.15) is 43.5 Å². The number of nitrogens with zero attached hydrogens (tertiary/aromatic N) is 5. The average molecular weight is 991 g/mol. The van der Waals surface area contributed by atoms with Crippen molar-refractivity contribution in [2.45, 2.75) is 39.1 Å². The Kier molecular flexibility index (Phi) is 13.5. The average Bonchev–Trinajstić information content (AvgIpc) is 3.82. The Hall–Kier alpha value is -8.38. The van der Waals surface area contributed by atoms with Crippen molar-refractivity contribution in [1.82, 2.24) is 24.2 Å².